The Kier molecular flexibility index (Phi) is 7.88. The van der Waals surface area contributed by atoms with E-state index in [1.54, 1.807) is 27.2 Å². The topological polar surface area (TPSA) is 99.0 Å². The smallest absolute Gasteiger partial charge is 0.255 e. The molecular formula is C20H26N2O6. The average molecular weight is 390 g/mol. The highest BCUT2D eigenvalue weighted by Gasteiger charge is 2.20. The lowest BCUT2D eigenvalue weighted by Crippen LogP contribution is -2.45. The average Bonchev–Trinajstić information content (AvgIpc) is 3.23. The van der Waals surface area contributed by atoms with Crippen molar-refractivity contribution in [3.8, 4) is 11.5 Å². The number of nitrogens with one attached hydrogen (secondary N) is 2. The van der Waals surface area contributed by atoms with E-state index < -0.39 is 6.04 Å². The molecule has 0 radical (unpaired) electrons. The molecule has 0 fully saturated rings. The Bertz CT molecular complexity index is 775. The largest absolute Gasteiger partial charge is 0.493 e. The van der Waals surface area contributed by atoms with Gasteiger partial charge in [0.05, 0.1) is 31.6 Å². The fraction of sp³-hybridized carbons (Fsp3) is 0.400. The summed E-state index contributed by atoms with van der Waals surface area (Å²) in [6.07, 6.45) is 2.73. The number of benzene rings is 1. The normalized spacial score (nSPS) is 12.7. The lowest BCUT2D eigenvalue weighted by atomic mass is 10.1. The molecule has 0 aliphatic carbocycles. The van der Waals surface area contributed by atoms with E-state index in [0.717, 1.165) is 5.56 Å². The van der Waals surface area contributed by atoms with Crippen molar-refractivity contribution in [3.05, 3.63) is 47.9 Å². The first-order valence-corrected chi connectivity index (χ1v) is 8.89. The predicted molar refractivity (Wildman–Crippen MR) is 103 cm³/mol. The summed E-state index contributed by atoms with van der Waals surface area (Å²) in [7, 11) is 3.16. The standard InChI is InChI=1S/C20H26N2O6/c1-13(15-5-6-17(18(11-15)26-4)28-10-9-25-3)21-19(23)14(2)22-20(24)16-7-8-27-12-16/h5-8,11-14H,9-10H2,1-4H3,(H,21,23)(H,22,24). The van der Waals surface area contributed by atoms with Gasteiger partial charge < -0.3 is 29.3 Å². The number of ether oxygens (including phenoxy) is 3. The van der Waals surface area contributed by atoms with Gasteiger partial charge in [-0.1, -0.05) is 6.07 Å². The van der Waals surface area contributed by atoms with Gasteiger partial charge >= 0.3 is 0 Å². The zero-order valence-electron chi connectivity index (χ0n) is 16.5. The summed E-state index contributed by atoms with van der Waals surface area (Å²) < 4.78 is 20.8. The van der Waals surface area contributed by atoms with E-state index >= 15 is 0 Å². The molecule has 152 valence electrons. The van der Waals surface area contributed by atoms with E-state index in [9.17, 15) is 9.59 Å². The van der Waals surface area contributed by atoms with Gasteiger partial charge in [-0.3, -0.25) is 9.59 Å². The summed E-state index contributed by atoms with van der Waals surface area (Å²) in [5.74, 6) is 0.491. The lowest BCUT2D eigenvalue weighted by Gasteiger charge is -2.20. The van der Waals surface area contributed by atoms with Crippen molar-refractivity contribution in [1.82, 2.24) is 10.6 Å². The zero-order chi connectivity index (χ0) is 20.5. The molecular weight excluding hydrogens is 364 g/mol. The number of hydrogen-bond acceptors (Lipinski definition) is 6. The van der Waals surface area contributed by atoms with Crippen molar-refractivity contribution < 1.29 is 28.2 Å². The lowest BCUT2D eigenvalue weighted by molar-refractivity contribution is -0.123. The maximum absolute atomic E-state index is 12.4. The van der Waals surface area contributed by atoms with E-state index in [-0.39, 0.29) is 17.9 Å². The Labute approximate surface area is 164 Å². The molecule has 2 aromatic rings. The fourth-order valence-electron chi connectivity index (χ4n) is 2.47. The van der Waals surface area contributed by atoms with Crippen LogP contribution in [0.2, 0.25) is 0 Å². The third-order valence-electron chi connectivity index (χ3n) is 4.12. The molecule has 0 saturated carbocycles. The highest BCUT2D eigenvalue weighted by Crippen LogP contribution is 2.30. The molecule has 1 aromatic heterocycles. The molecule has 2 rings (SSSR count). The van der Waals surface area contributed by atoms with Crippen LogP contribution in [0.3, 0.4) is 0 Å². The maximum Gasteiger partial charge on any atom is 0.255 e. The van der Waals surface area contributed by atoms with Crippen LogP contribution in [-0.2, 0) is 9.53 Å². The third-order valence-corrected chi connectivity index (χ3v) is 4.12. The molecule has 2 amide bonds. The molecule has 28 heavy (non-hydrogen) atoms. The van der Waals surface area contributed by atoms with Gasteiger partial charge in [-0.25, -0.2) is 0 Å². The van der Waals surface area contributed by atoms with Crippen LogP contribution in [0, 0.1) is 0 Å². The van der Waals surface area contributed by atoms with Gasteiger partial charge in [-0.2, -0.15) is 0 Å². The first kappa shape index (κ1) is 21.3. The van der Waals surface area contributed by atoms with Gasteiger partial charge in [0.25, 0.3) is 5.91 Å². The molecule has 0 aliphatic heterocycles. The molecule has 2 unspecified atom stereocenters. The van der Waals surface area contributed by atoms with E-state index in [0.29, 0.717) is 30.3 Å². The first-order valence-electron chi connectivity index (χ1n) is 8.89. The van der Waals surface area contributed by atoms with Crippen LogP contribution in [0.5, 0.6) is 11.5 Å². The minimum Gasteiger partial charge on any atom is -0.493 e. The molecule has 0 aliphatic rings. The van der Waals surface area contributed by atoms with Crippen LogP contribution in [0.25, 0.3) is 0 Å². The molecule has 2 atom stereocenters. The van der Waals surface area contributed by atoms with Crippen LogP contribution >= 0.6 is 0 Å². The second-order valence-corrected chi connectivity index (χ2v) is 6.19. The number of methoxy groups -OCH3 is 2. The van der Waals surface area contributed by atoms with Gasteiger partial charge in [0, 0.05) is 7.11 Å². The van der Waals surface area contributed by atoms with Crippen molar-refractivity contribution in [1.29, 1.82) is 0 Å². The van der Waals surface area contributed by atoms with E-state index in [1.165, 1.54) is 18.6 Å². The predicted octanol–water partition coefficient (Wildman–Crippen LogP) is 2.31. The molecule has 8 nitrogen and oxygen atoms in total. The van der Waals surface area contributed by atoms with E-state index in [2.05, 4.69) is 10.6 Å². The molecule has 2 N–H and O–H groups in total. The molecule has 8 heteroatoms. The summed E-state index contributed by atoms with van der Waals surface area (Å²) in [6.45, 7) is 4.35. The summed E-state index contributed by atoms with van der Waals surface area (Å²) in [5, 5.41) is 5.51. The number of furan rings is 1. The minimum atomic E-state index is -0.705. The quantitative estimate of drug-likeness (QED) is 0.604. The van der Waals surface area contributed by atoms with Gasteiger partial charge in [0.15, 0.2) is 11.5 Å². The Morgan fingerprint density at radius 2 is 1.86 bits per heavy atom. The monoisotopic (exact) mass is 390 g/mol. The van der Waals surface area contributed by atoms with Crippen LogP contribution in [-0.4, -0.2) is 45.3 Å². The molecule has 0 saturated heterocycles. The Balaban J connectivity index is 1.96. The van der Waals surface area contributed by atoms with Crippen molar-refractivity contribution in [2.75, 3.05) is 27.4 Å². The molecule has 0 spiro atoms. The number of rotatable bonds is 10. The zero-order valence-corrected chi connectivity index (χ0v) is 16.5. The van der Waals surface area contributed by atoms with E-state index in [4.69, 9.17) is 18.6 Å². The Hall–Kier alpha value is -3.00. The second kappa shape index (κ2) is 10.4. The van der Waals surface area contributed by atoms with Gasteiger partial charge in [0.2, 0.25) is 5.91 Å². The first-order chi connectivity index (χ1) is 13.5. The summed E-state index contributed by atoms with van der Waals surface area (Å²) in [4.78, 5) is 24.4. The number of carbonyl (C=O) groups excluding carboxylic acids is 2. The van der Waals surface area contributed by atoms with Gasteiger partial charge in [-0.15, -0.1) is 0 Å². The van der Waals surface area contributed by atoms with Gasteiger partial charge in [-0.05, 0) is 37.6 Å². The molecule has 1 aromatic carbocycles. The maximum atomic E-state index is 12.4. The molecule has 0 bridgehead atoms. The van der Waals surface area contributed by atoms with Crippen molar-refractivity contribution in [2.24, 2.45) is 0 Å². The highest BCUT2D eigenvalue weighted by atomic mass is 16.5. The number of carbonyl (C=O) groups is 2. The SMILES string of the molecule is COCCOc1ccc(C(C)NC(=O)C(C)NC(=O)c2ccoc2)cc1OC. The number of amides is 2. The van der Waals surface area contributed by atoms with Crippen molar-refractivity contribution in [2.45, 2.75) is 25.9 Å². The fourth-order valence-corrected chi connectivity index (χ4v) is 2.47. The van der Waals surface area contributed by atoms with Crippen molar-refractivity contribution in [3.63, 3.8) is 0 Å². The van der Waals surface area contributed by atoms with Crippen LogP contribution < -0.4 is 20.1 Å². The van der Waals surface area contributed by atoms with Crippen LogP contribution in [0.1, 0.15) is 35.8 Å². The van der Waals surface area contributed by atoms with Crippen LogP contribution in [0.4, 0.5) is 0 Å². The molecule has 1 heterocycles. The Morgan fingerprint density at radius 1 is 1.07 bits per heavy atom. The second-order valence-electron chi connectivity index (χ2n) is 6.19. The summed E-state index contributed by atoms with van der Waals surface area (Å²) in [5.41, 5.74) is 1.21. The van der Waals surface area contributed by atoms with Gasteiger partial charge in [0.1, 0.15) is 18.9 Å². The summed E-state index contributed by atoms with van der Waals surface area (Å²) >= 11 is 0. The number of hydrogen-bond donors (Lipinski definition) is 2. The van der Waals surface area contributed by atoms with Crippen LogP contribution in [0.15, 0.2) is 41.2 Å². The minimum absolute atomic E-state index is 0.289. The van der Waals surface area contributed by atoms with Crippen molar-refractivity contribution >= 4 is 11.8 Å². The summed E-state index contributed by atoms with van der Waals surface area (Å²) in [6, 6.07) is 5.99. The Morgan fingerprint density at radius 3 is 2.50 bits per heavy atom. The third kappa shape index (κ3) is 5.75. The van der Waals surface area contributed by atoms with E-state index in [1.807, 2.05) is 19.1 Å². The highest BCUT2D eigenvalue weighted by molar-refractivity contribution is 5.97.